The number of ether oxygens (including phenoxy) is 2. The molecule has 1 aliphatic heterocycles. The van der Waals surface area contributed by atoms with Gasteiger partial charge in [-0.3, -0.25) is 0 Å². The van der Waals surface area contributed by atoms with E-state index < -0.39 is 0 Å². The maximum atomic E-state index is 13.7. The summed E-state index contributed by atoms with van der Waals surface area (Å²) in [4.78, 5) is 0. The van der Waals surface area contributed by atoms with Crippen LogP contribution in [-0.2, 0) is 16.0 Å². The molecule has 1 aliphatic carbocycles. The van der Waals surface area contributed by atoms with Crippen molar-refractivity contribution in [2.24, 2.45) is 0 Å². The van der Waals surface area contributed by atoms with Gasteiger partial charge in [0.1, 0.15) is 5.82 Å². The topological polar surface area (TPSA) is 30.5 Å². The molecular weight excluding hydrogens is 325 g/mol. The van der Waals surface area contributed by atoms with Crippen LogP contribution in [0.1, 0.15) is 31.2 Å². The minimum absolute atomic E-state index is 0.157. The van der Waals surface area contributed by atoms with Crippen molar-refractivity contribution in [1.82, 2.24) is 5.32 Å². The molecule has 0 amide bonds. The van der Waals surface area contributed by atoms with Crippen LogP contribution in [0, 0.1) is 5.82 Å². The fraction of sp³-hybridized carbons (Fsp3) is 0.600. The summed E-state index contributed by atoms with van der Waals surface area (Å²) in [6.45, 7) is 1.98. The average molecular weight is 344 g/mol. The second kappa shape index (κ2) is 6.10. The third kappa shape index (κ3) is 3.22. The van der Waals surface area contributed by atoms with E-state index in [1.165, 1.54) is 6.07 Å². The average Bonchev–Trinajstić information content (AvgIpc) is 2.90. The van der Waals surface area contributed by atoms with Crippen LogP contribution in [0.15, 0.2) is 22.7 Å². The van der Waals surface area contributed by atoms with E-state index in [0.29, 0.717) is 31.4 Å². The number of hydrogen-bond donors (Lipinski definition) is 1. The summed E-state index contributed by atoms with van der Waals surface area (Å²) in [5.74, 6) is -0.477. The Labute approximate surface area is 127 Å². The number of rotatable bonds is 3. The molecule has 0 unspecified atom stereocenters. The van der Waals surface area contributed by atoms with Crippen molar-refractivity contribution >= 4 is 15.9 Å². The lowest BCUT2D eigenvalue weighted by Crippen LogP contribution is -2.41. The van der Waals surface area contributed by atoms with Crippen molar-refractivity contribution in [1.29, 1.82) is 0 Å². The molecule has 1 spiro atoms. The first kappa shape index (κ1) is 14.4. The third-order valence-electron chi connectivity index (χ3n) is 4.15. The summed E-state index contributed by atoms with van der Waals surface area (Å²) < 4.78 is 26.0. The van der Waals surface area contributed by atoms with E-state index in [2.05, 4.69) is 21.2 Å². The summed E-state index contributed by atoms with van der Waals surface area (Å²) in [5, 5.41) is 3.44. The summed E-state index contributed by atoms with van der Waals surface area (Å²) in [5.41, 5.74) is 0.702. The Bertz CT molecular complexity index is 467. The van der Waals surface area contributed by atoms with Gasteiger partial charge in [0.15, 0.2) is 5.79 Å². The number of hydrogen-bond acceptors (Lipinski definition) is 3. The molecule has 110 valence electrons. The number of nitrogens with one attached hydrogen (secondary N) is 1. The Morgan fingerprint density at radius 3 is 2.65 bits per heavy atom. The normalized spacial score (nSPS) is 22.5. The van der Waals surface area contributed by atoms with E-state index in [1.807, 2.05) is 6.07 Å². The molecule has 0 atom stereocenters. The van der Waals surface area contributed by atoms with Crippen LogP contribution in [-0.4, -0.2) is 25.0 Å². The van der Waals surface area contributed by atoms with Gasteiger partial charge in [0.2, 0.25) is 0 Å². The zero-order chi connectivity index (χ0) is 14.0. The number of halogens is 2. The van der Waals surface area contributed by atoms with Gasteiger partial charge in [-0.2, -0.15) is 0 Å². The maximum absolute atomic E-state index is 13.7. The van der Waals surface area contributed by atoms with Crippen LogP contribution in [0.4, 0.5) is 4.39 Å². The van der Waals surface area contributed by atoms with Crippen molar-refractivity contribution < 1.29 is 13.9 Å². The molecule has 20 heavy (non-hydrogen) atoms. The van der Waals surface area contributed by atoms with Crippen LogP contribution in [0.3, 0.4) is 0 Å². The van der Waals surface area contributed by atoms with E-state index in [9.17, 15) is 4.39 Å². The molecule has 1 N–H and O–H groups in total. The van der Waals surface area contributed by atoms with Crippen LogP contribution >= 0.6 is 15.9 Å². The van der Waals surface area contributed by atoms with E-state index in [-0.39, 0.29) is 11.6 Å². The molecule has 3 rings (SSSR count). The Morgan fingerprint density at radius 2 is 1.95 bits per heavy atom. The second-order valence-corrected chi connectivity index (χ2v) is 6.41. The van der Waals surface area contributed by atoms with Gasteiger partial charge in [0.05, 0.1) is 13.2 Å². The second-order valence-electron chi connectivity index (χ2n) is 5.50. The molecule has 1 saturated heterocycles. The van der Waals surface area contributed by atoms with Gasteiger partial charge in [-0.15, -0.1) is 0 Å². The van der Waals surface area contributed by atoms with E-state index in [4.69, 9.17) is 9.47 Å². The van der Waals surface area contributed by atoms with Crippen LogP contribution in [0.2, 0.25) is 0 Å². The van der Waals surface area contributed by atoms with Crippen molar-refractivity contribution in [2.45, 2.75) is 44.1 Å². The van der Waals surface area contributed by atoms with Crippen molar-refractivity contribution in [3.63, 3.8) is 0 Å². The smallest absolute Gasteiger partial charge is 0.168 e. The van der Waals surface area contributed by atoms with Crippen molar-refractivity contribution in [3.05, 3.63) is 34.1 Å². The first-order valence-corrected chi connectivity index (χ1v) is 7.91. The largest absolute Gasteiger partial charge is 0.348 e. The fourth-order valence-corrected chi connectivity index (χ4v) is 3.39. The Kier molecular flexibility index (Phi) is 4.40. The highest BCUT2D eigenvalue weighted by Crippen LogP contribution is 2.35. The molecular formula is C15H19BrFNO2. The quantitative estimate of drug-likeness (QED) is 0.912. The van der Waals surface area contributed by atoms with Crippen LogP contribution in [0.25, 0.3) is 0 Å². The molecule has 0 aromatic heterocycles. The lowest BCUT2D eigenvalue weighted by molar-refractivity contribution is -0.179. The highest BCUT2D eigenvalue weighted by Gasteiger charge is 2.40. The van der Waals surface area contributed by atoms with Gasteiger partial charge in [0, 0.05) is 35.5 Å². The summed E-state index contributed by atoms with van der Waals surface area (Å²) in [6.07, 6.45) is 3.86. The zero-order valence-electron chi connectivity index (χ0n) is 11.3. The van der Waals surface area contributed by atoms with Crippen LogP contribution in [0.5, 0.6) is 0 Å². The minimum Gasteiger partial charge on any atom is -0.348 e. The molecule has 0 bridgehead atoms. The lowest BCUT2D eigenvalue weighted by atomic mass is 9.90. The standard InChI is InChI=1S/C15H19BrFNO2/c16-12-1-2-14(17)11(9-12)10-18-13-3-5-15(6-4-13)19-7-8-20-15/h1-2,9,13,18H,3-8,10H2. The highest BCUT2D eigenvalue weighted by atomic mass is 79.9. The molecule has 1 aromatic rings. The molecule has 5 heteroatoms. The van der Waals surface area contributed by atoms with Gasteiger partial charge < -0.3 is 14.8 Å². The van der Waals surface area contributed by atoms with E-state index >= 15 is 0 Å². The highest BCUT2D eigenvalue weighted by molar-refractivity contribution is 9.10. The van der Waals surface area contributed by atoms with E-state index in [0.717, 1.165) is 30.2 Å². The molecule has 1 saturated carbocycles. The Hall–Kier alpha value is -0.490. The predicted molar refractivity (Wildman–Crippen MR) is 77.8 cm³/mol. The monoisotopic (exact) mass is 343 g/mol. The molecule has 1 aromatic carbocycles. The van der Waals surface area contributed by atoms with E-state index in [1.54, 1.807) is 6.07 Å². The maximum Gasteiger partial charge on any atom is 0.168 e. The predicted octanol–water partition coefficient (Wildman–Crippen LogP) is 3.36. The van der Waals surface area contributed by atoms with Gasteiger partial charge >= 0.3 is 0 Å². The van der Waals surface area contributed by atoms with Gasteiger partial charge in [-0.25, -0.2) is 4.39 Å². The number of benzene rings is 1. The third-order valence-corrected chi connectivity index (χ3v) is 4.64. The Balaban J connectivity index is 1.51. The molecule has 2 fully saturated rings. The van der Waals surface area contributed by atoms with Crippen molar-refractivity contribution in [3.8, 4) is 0 Å². The SMILES string of the molecule is Fc1ccc(Br)cc1CNC1CCC2(CC1)OCCO2. The lowest BCUT2D eigenvalue weighted by Gasteiger charge is -2.35. The minimum atomic E-state index is -0.320. The van der Waals surface area contributed by atoms with Crippen molar-refractivity contribution in [2.75, 3.05) is 13.2 Å². The molecule has 0 radical (unpaired) electrons. The molecule has 3 nitrogen and oxygen atoms in total. The molecule has 1 heterocycles. The van der Waals surface area contributed by atoms with Crippen LogP contribution < -0.4 is 5.32 Å². The molecule has 2 aliphatic rings. The van der Waals surface area contributed by atoms with Gasteiger partial charge in [-0.1, -0.05) is 15.9 Å². The fourth-order valence-electron chi connectivity index (χ4n) is 2.98. The first-order valence-electron chi connectivity index (χ1n) is 7.12. The zero-order valence-corrected chi connectivity index (χ0v) is 12.9. The van der Waals surface area contributed by atoms with Gasteiger partial charge in [-0.05, 0) is 31.0 Å². The Morgan fingerprint density at radius 1 is 1.25 bits per heavy atom. The summed E-state index contributed by atoms with van der Waals surface area (Å²) >= 11 is 3.38. The summed E-state index contributed by atoms with van der Waals surface area (Å²) in [7, 11) is 0. The summed E-state index contributed by atoms with van der Waals surface area (Å²) in [6, 6.07) is 5.46. The van der Waals surface area contributed by atoms with Gasteiger partial charge in [0.25, 0.3) is 0 Å². The first-order chi connectivity index (χ1) is 9.67.